The molecule has 1 fully saturated rings. The number of aromatic nitrogens is 3. The third-order valence-corrected chi connectivity index (χ3v) is 6.52. The fourth-order valence-corrected chi connectivity index (χ4v) is 4.71. The van der Waals surface area contributed by atoms with Crippen molar-refractivity contribution in [1.82, 2.24) is 14.6 Å². The van der Waals surface area contributed by atoms with Gasteiger partial charge in [0.25, 0.3) is 0 Å². The van der Waals surface area contributed by atoms with E-state index in [-0.39, 0.29) is 13.0 Å². The molecule has 34 heavy (non-hydrogen) atoms. The van der Waals surface area contributed by atoms with Crippen molar-refractivity contribution < 1.29 is 27.2 Å². The summed E-state index contributed by atoms with van der Waals surface area (Å²) in [6.45, 7) is -0.353. The monoisotopic (exact) mass is 487 g/mol. The maximum Gasteiger partial charge on any atom is 0.333 e. The smallest absolute Gasteiger partial charge is 0.333 e. The van der Waals surface area contributed by atoms with E-state index in [1.165, 1.54) is 10.6 Å². The highest BCUT2D eigenvalue weighted by Crippen LogP contribution is 2.31. The zero-order valence-electron chi connectivity index (χ0n) is 17.7. The van der Waals surface area contributed by atoms with Gasteiger partial charge in [0.2, 0.25) is 0 Å². The van der Waals surface area contributed by atoms with Crippen molar-refractivity contribution in [3.05, 3.63) is 60.5 Å². The molecule has 0 amide bonds. The molecule has 4 aromatic rings. The van der Waals surface area contributed by atoms with Crippen LogP contribution in [-0.4, -0.2) is 58.1 Å². The third kappa shape index (κ3) is 4.33. The van der Waals surface area contributed by atoms with Crippen LogP contribution in [0.4, 0.5) is 10.2 Å². The fourth-order valence-electron chi connectivity index (χ4n) is 4.35. The van der Waals surface area contributed by atoms with Crippen LogP contribution in [0.3, 0.4) is 0 Å². The summed E-state index contributed by atoms with van der Waals surface area (Å²) in [5.41, 5.74) is 1.16. The van der Waals surface area contributed by atoms with Crippen molar-refractivity contribution in [3.8, 4) is 11.3 Å². The molecule has 5 rings (SSSR count). The lowest BCUT2D eigenvalue weighted by Crippen LogP contribution is -2.36. The van der Waals surface area contributed by atoms with Crippen molar-refractivity contribution in [1.29, 1.82) is 0 Å². The van der Waals surface area contributed by atoms with Gasteiger partial charge in [-0.3, -0.25) is 4.18 Å². The van der Waals surface area contributed by atoms with Crippen LogP contribution in [0.1, 0.15) is 6.42 Å². The van der Waals surface area contributed by atoms with E-state index in [0.29, 0.717) is 22.7 Å². The molecule has 0 aliphatic heterocycles. The number of fused-ring (bicyclic) bond motifs is 2. The molecule has 12 heteroatoms. The summed E-state index contributed by atoms with van der Waals surface area (Å²) >= 11 is 0. The van der Waals surface area contributed by atoms with Gasteiger partial charge < -0.3 is 15.5 Å². The highest BCUT2D eigenvalue weighted by Gasteiger charge is 2.42. The molecular formula is C22H22FN5O5S. The molecule has 2 aromatic carbocycles. The Balaban J connectivity index is 1.43. The molecule has 5 N–H and O–H groups in total. The van der Waals surface area contributed by atoms with Crippen molar-refractivity contribution in [2.45, 2.75) is 24.7 Å². The van der Waals surface area contributed by atoms with E-state index in [1.54, 1.807) is 24.4 Å². The Morgan fingerprint density at radius 2 is 1.88 bits per heavy atom. The maximum atomic E-state index is 14.8. The molecule has 0 unspecified atom stereocenters. The van der Waals surface area contributed by atoms with Gasteiger partial charge in [0.05, 0.1) is 24.4 Å². The van der Waals surface area contributed by atoms with Crippen LogP contribution >= 0.6 is 0 Å². The van der Waals surface area contributed by atoms with Gasteiger partial charge in [0.15, 0.2) is 5.65 Å². The van der Waals surface area contributed by atoms with E-state index in [0.717, 1.165) is 10.8 Å². The van der Waals surface area contributed by atoms with Gasteiger partial charge in [-0.05, 0) is 35.4 Å². The van der Waals surface area contributed by atoms with Gasteiger partial charge in [-0.15, -0.1) is 0 Å². The summed E-state index contributed by atoms with van der Waals surface area (Å²) in [7, 11) is -4.16. The van der Waals surface area contributed by atoms with Crippen LogP contribution in [0.5, 0.6) is 0 Å². The number of nitrogens with one attached hydrogen (secondary N) is 1. The molecule has 2 heterocycles. The number of aliphatic hydroxyl groups is 2. The summed E-state index contributed by atoms with van der Waals surface area (Å²) in [4.78, 5) is 4.29. The number of hydrogen-bond donors (Lipinski definition) is 4. The number of nitrogens with zero attached hydrogens (tertiary/aromatic N) is 3. The largest absolute Gasteiger partial charge is 0.390 e. The van der Waals surface area contributed by atoms with Gasteiger partial charge in [-0.1, -0.05) is 24.3 Å². The quantitative estimate of drug-likeness (QED) is 0.319. The zero-order chi connectivity index (χ0) is 24.0. The third-order valence-electron chi connectivity index (χ3n) is 6.05. The Morgan fingerprint density at radius 3 is 2.62 bits per heavy atom. The molecule has 10 nitrogen and oxygen atoms in total. The Hall–Kier alpha value is -3.16. The van der Waals surface area contributed by atoms with Crippen LogP contribution in [0.2, 0.25) is 0 Å². The van der Waals surface area contributed by atoms with E-state index < -0.39 is 40.3 Å². The lowest BCUT2D eigenvalue weighted by atomic mass is 10.0. The highest BCUT2D eigenvalue weighted by molar-refractivity contribution is 7.84. The molecule has 4 atom stereocenters. The Labute approximate surface area is 194 Å². The Bertz CT molecular complexity index is 1480. The van der Waals surface area contributed by atoms with Gasteiger partial charge in [-0.25, -0.2) is 14.5 Å². The minimum atomic E-state index is -4.16. The summed E-state index contributed by atoms with van der Waals surface area (Å²) in [5.74, 6) is -0.603. The highest BCUT2D eigenvalue weighted by atomic mass is 32.2. The molecule has 0 spiro atoms. The number of benzene rings is 2. The number of aliphatic hydroxyl groups excluding tert-OH is 2. The van der Waals surface area contributed by atoms with Crippen molar-refractivity contribution in [2.75, 3.05) is 11.9 Å². The van der Waals surface area contributed by atoms with Crippen LogP contribution in [0, 0.1) is 11.7 Å². The SMILES string of the molecule is NS(=O)(=O)OC[C@H]1C[C@@H](Nc2ccnc3cc(-c4cc5ccccc5cc4F)nn23)[C@H](O)[C@@H]1O. The fraction of sp³-hybridized carbons (Fsp3) is 0.273. The predicted molar refractivity (Wildman–Crippen MR) is 122 cm³/mol. The van der Waals surface area contributed by atoms with Crippen LogP contribution in [0.15, 0.2) is 54.7 Å². The first-order valence-corrected chi connectivity index (χ1v) is 12.0. The number of hydrogen-bond acceptors (Lipinski definition) is 8. The van der Waals surface area contributed by atoms with Crippen molar-refractivity contribution in [2.24, 2.45) is 11.1 Å². The maximum absolute atomic E-state index is 14.8. The van der Waals surface area contributed by atoms with Gasteiger partial charge >= 0.3 is 10.3 Å². The molecule has 2 aromatic heterocycles. The van der Waals surface area contributed by atoms with Crippen LogP contribution in [-0.2, 0) is 14.5 Å². The van der Waals surface area contributed by atoms with Crippen LogP contribution < -0.4 is 10.5 Å². The van der Waals surface area contributed by atoms with E-state index >= 15 is 0 Å². The van der Waals surface area contributed by atoms with Gasteiger partial charge in [0.1, 0.15) is 17.7 Å². The van der Waals surface area contributed by atoms with Gasteiger partial charge in [-0.2, -0.15) is 18.0 Å². The van der Waals surface area contributed by atoms with Gasteiger partial charge in [0, 0.05) is 23.7 Å². The number of halogens is 1. The topological polar surface area (TPSA) is 152 Å². The first-order valence-electron chi connectivity index (χ1n) is 10.5. The Morgan fingerprint density at radius 1 is 1.15 bits per heavy atom. The minimum Gasteiger partial charge on any atom is -0.390 e. The summed E-state index contributed by atoms with van der Waals surface area (Å²) in [6.07, 6.45) is -0.643. The number of rotatable bonds is 6. The van der Waals surface area contributed by atoms with Crippen molar-refractivity contribution >= 4 is 32.5 Å². The standard InChI is InChI=1S/C22H22FN5O5S/c23-16-8-13-4-2-1-3-12(13)7-15(16)17-10-20-25-6-5-19(28(20)27-17)26-18-9-14(21(29)22(18)30)11-33-34(24,31)32/h1-8,10,14,18,21-22,26,29-30H,9,11H2,(H2,24,31,32)/t14-,18-,21-,22+/m1/s1. The average Bonchev–Trinajstić information content (AvgIpc) is 3.34. The number of nitrogens with two attached hydrogens (primary N) is 1. The second-order valence-corrected chi connectivity index (χ2v) is 9.54. The van der Waals surface area contributed by atoms with E-state index in [2.05, 4.69) is 19.6 Å². The molecule has 1 saturated carbocycles. The first-order chi connectivity index (χ1) is 16.2. The van der Waals surface area contributed by atoms with Crippen molar-refractivity contribution in [3.63, 3.8) is 0 Å². The average molecular weight is 488 g/mol. The summed E-state index contributed by atoms with van der Waals surface area (Å²) in [6, 6.07) is 13.3. The molecule has 1 aliphatic rings. The van der Waals surface area contributed by atoms with Crippen LogP contribution in [0.25, 0.3) is 27.7 Å². The summed E-state index contributed by atoms with van der Waals surface area (Å²) in [5, 5.41) is 34.9. The lowest BCUT2D eigenvalue weighted by molar-refractivity contribution is 0.00777. The molecule has 178 valence electrons. The zero-order valence-corrected chi connectivity index (χ0v) is 18.6. The molecule has 1 aliphatic carbocycles. The molecule has 0 saturated heterocycles. The molecule has 0 bridgehead atoms. The van der Waals surface area contributed by atoms with E-state index in [1.807, 2.05) is 24.3 Å². The molecule has 0 radical (unpaired) electrons. The Kier molecular flexibility index (Phi) is 5.70. The summed E-state index contributed by atoms with van der Waals surface area (Å²) < 4.78 is 43.0. The second kappa shape index (κ2) is 8.56. The normalized spacial score (nSPS) is 23.1. The lowest BCUT2D eigenvalue weighted by Gasteiger charge is -2.19. The van der Waals surface area contributed by atoms with E-state index in [4.69, 9.17) is 5.14 Å². The minimum absolute atomic E-state index is 0.217. The van der Waals surface area contributed by atoms with E-state index in [9.17, 15) is 23.0 Å². The number of anilines is 1. The predicted octanol–water partition coefficient (Wildman–Crippen LogP) is 1.43. The first kappa shape index (κ1) is 22.6. The second-order valence-electron chi connectivity index (χ2n) is 8.31. The molecular weight excluding hydrogens is 465 g/mol.